The standard InChI is InChI=1S/C18H20ClNO3S/c1-8(2)13-6-12(7-14(16(13)19)18(21)22)20-17(24)15-9(3)10(4)23-11(15)5/h6-8H,1-5H3,(H,20,24)(H,21,22). The van der Waals surface area contributed by atoms with Gasteiger partial charge in [-0.3, -0.25) is 0 Å². The van der Waals surface area contributed by atoms with Crippen LogP contribution in [-0.2, 0) is 0 Å². The van der Waals surface area contributed by atoms with Crippen molar-refractivity contribution in [2.45, 2.75) is 40.5 Å². The van der Waals surface area contributed by atoms with Crippen LogP contribution in [0.25, 0.3) is 0 Å². The summed E-state index contributed by atoms with van der Waals surface area (Å²) < 4.78 is 5.60. The van der Waals surface area contributed by atoms with Gasteiger partial charge in [-0.05, 0) is 44.4 Å². The average Bonchev–Trinajstić information content (AvgIpc) is 2.73. The maximum Gasteiger partial charge on any atom is 0.337 e. The normalized spacial score (nSPS) is 11.0. The molecule has 0 radical (unpaired) electrons. The molecular formula is C18H20ClNO3S. The number of hydrogen-bond donors (Lipinski definition) is 2. The lowest BCUT2D eigenvalue weighted by molar-refractivity contribution is 0.0697. The van der Waals surface area contributed by atoms with Crippen LogP contribution in [0.15, 0.2) is 16.5 Å². The second-order valence-electron chi connectivity index (χ2n) is 6.06. The van der Waals surface area contributed by atoms with Crippen molar-refractivity contribution < 1.29 is 14.3 Å². The summed E-state index contributed by atoms with van der Waals surface area (Å²) in [5.41, 5.74) is 3.23. The number of carboxylic acids is 1. The maximum atomic E-state index is 11.5. The highest BCUT2D eigenvalue weighted by Gasteiger charge is 2.19. The maximum absolute atomic E-state index is 11.5. The van der Waals surface area contributed by atoms with E-state index in [4.69, 9.17) is 28.2 Å². The van der Waals surface area contributed by atoms with Crippen LogP contribution in [0.2, 0.25) is 5.02 Å². The van der Waals surface area contributed by atoms with Crippen LogP contribution in [0.4, 0.5) is 5.69 Å². The summed E-state index contributed by atoms with van der Waals surface area (Å²) in [6.07, 6.45) is 0. The van der Waals surface area contributed by atoms with Crippen molar-refractivity contribution in [2.75, 3.05) is 5.32 Å². The van der Waals surface area contributed by atoms with Crippen molar-refractivity contribution in [1.29, 1.82) is 0 Å². The largest absolute Gasteiger partial charge is 0.478 e. The molecule has 128 valence electrons. The van der Waals surface area contributed by atoms with E-state index in [1.165, 1.54) is 6.07 Å². The van der Waals surface area contributed by atoms with E-state index in [0.29, 0.717) is 10.7 Å². The third-order valence-corrected chi connectivity index (χ3v) is 4.73. The Balaban J connectivity index is 2.46. The Kier molecular flexibility index (Phi) is 5.35. The third kappa shape index (κ3) is 3.47. The summed E-state index contributed by atoms with van der Waals surface area (Å²) >= 11 is 11.7. The summed E-state index contributed by atoms with van der Waals surface area (Å²) in [4.78, 5) is 12.0. The summed E-state index contributed by atoms with van der Waals surface area (Å²) in [7, 11) is 0. The van der Waals surface area contributed by atoms with E-state index in [9.17, 15) is 9.90 Å². The molecule has 1 heterocycles. The summed E-state index contributed by atoms with van der Waals surface area (Å²) in [5, 5.41) is 12.8. The molecule has 6 heteroatoms. The molecule has 24 heavy (non-hydrogen) atoms. The zero-order valence-corrected chi connectivity index (χ0v) is 15.9. The first kappa shape index (κ1) is 18.5. The van der Waals surface area contributed by atoms with Crippen molar-refractivity contribution in [3.63, 3.8) is 0 Å². The molecule has 0 saturated heterocycles. The highest BCUT2D eigenvalue weighted by molar-refractivity contribution is 7.81. The molecule has 2 rings (SSSR count). The fourth-order valence-corrected chi connectivity index (χ4v) is 3.44. The molecule has 0 saturated carbocycles. The number of anilines is 1. The molecule has 0 atom stereocenters. The third-order valence-electron chi connectivity index (χ3n) is 4.00. The molecule has 1 aromatic carbocycles. The number of rotatable bonds is 4. The van der Waals surface area contributed by atoms with Crippen LogP contribution in [-0.4, -0.2) is 16.1 Å². The van der Waals surface area contributed by atoms with Crippen molar-refractivity contribution in [3.05, 3.63) is 50.9 Å². The smallest absolute Gasteiger partial charge is 0.337 e. The Morgan fingerprint density at radius 1 is 1.25 bits per heavy atom. The Morgan fingerprint density at radius 3 is 2.33 bits per heavy atom. The van der Waals surface area contributed by atoms with Gasteiger partial charge in [0.2, 0.25) is 0 Å². The fraction of sp³-hybridized carbons (Fsp3) is 0.333. The Labute approximate surface area is 151 Å². The first-order valence-corrected chi connectivity index (χ1v) is 8.36. The summed E-state index contributed by atoms with van der Waals surface area (Å²) in [6, 6.07) is 3.34. The second-order valence-corrected chi connectivity index (χ2v) is 6.84. The Bertz CT molecular complexity index is 824. The van der Waals surface area contributed by atoms with E-state index in [1.54, 1.807) is 0 Å². The molecule has 0 aliphatic heterocycles. The van der Waals surface area contributed by atoms with Crippen LogP contribution in [0, 0.1) is 20.8 Å². The second kappa shape index (κ2) is 6.95. The van der Waals surface area contributed by atoms with Gasteiger partial charge in [-0.1, -0.05) is 37.7 Å². The number of aromatic carboxylic acids is 1. The Morgan fingerprint density at radius 2 is 1.88 bits per heavy atom. The number of carboxylic acid groups (broad SMARTS) is 1. The predicted molar refractivity (Wildman–Crippen MR) is 101 cm³/mol. The van der Waals surface area contributed by atoms with Gasteiger partial charge in [-0.25, -0.2) is 4.79 Å². The van der Waals surface area contributed by atoms with E-state index in [1.807, 2.05) is 40.7 Å². The van der Waals surface area contributed by atoms with Gasteiger partial charge in [0.1, 0.15) is 16.5 Å². The molecule has 0 fully saturated rings. The van der Waals surface area contributed by atoms with Crippen molar-refractivity contribution in [1.82, 2.24) is 0 Å². The molecule has 4 nitrogen and oxygen atoms in total. The van der Waals surface area contributed by atoms with Gasteiger partial charge < -0.3 is 14.8 Å². The molecule has 0 aliphatic carbocycles. The van der Waals surface area contributed by atoms with Gasteiger partial charge in [0.05, 0.1) is 16.1 Å². The zero-order valence-electron chi connectivity index (χ0n) is 14.3. The highest BCUT2D eigenvalue weighted by atomic mass is 35.5. The predicted octanol–water partition coefficient (Wildman–Crippen LogP) is 5.47. The number of furan rings is 1. The molecule has 0 bridgehead atoms. The molecule has 1 aromatic heterocycles. The number of thiocarbonyl (C=S) groups is 1. The molecule has 0 amide bonds. The quantitative estimate of drug-likeness (QED) is 0.703. The summed E-state index contributed by atoms with van der Waals surface area (Å²) in [6.45, 7) is 9.61. The van der Waals surface area contributed by atoms with Crippen molar-refractivity contribution in [2.24, 2.45) is 0 Å². The number of nitrogens with one attached hydrogen (secondary N) is 1. The highest BCUT2D eigenvalue weighted by Crippen LogP contribution is 2.32. The molecule has 0 unspecified atom stereocenters. The lowest BCUT2D eigenvalue weighted by Gasteiger charge is -2.15. The van der Waals surface area contributed by atoms with E-state index in [-0.39, 0.29) is 16.5 Å². The number of benzene rings is 1. The van der Waals surface area contributed by atoms with E-state index < -0.39 is 5.97 Å². The fourth-order valence-electron chi connectivity index (χ4n) is 2.62. The number of aryl methyl sites for hydroxylation is 2. The first-order chi connectivity index (χ1) is 11.1. The topological polar surface area (TPSA) is 62.5 Å². The lowest BCUT2D eigenvalue weighted by atomic mass is 9.99. The monoisotopic (exact) mass is 365 g/mol. The van der Waals surface area contributed by atoms with Crippen LogP contribution in [0.3, 0.4) is 0 Å². The Hall–Kier alpha value is -1.85. The molecule has 2 aromatic rings. The summed E-state index contributed by atoms with van der Waals surface area (Å²) in [5.74, 6) is 0.574. The number of hydrogen-bond acceptors (Lipinski definition) is 3. The van der Waals surface area contributed by atoms with Gasteiger partial charge in [-0.15, -0.1) is 0 Å². The van der Waals surface area contributed by atoms with Gasteiger partial charge in [0.15, 0.2) is 0 Å². The van der Waals surface area contributed by atoms with E-state index in [2.05, 4.69) is 5.32 Å². The van der Waals surface area contributed by atoms with Crippen LogP contribution in [0.5, 0.6) is 0 Å². The SMILES string of the molecule is Cc1oc(C)c(C(=S)Nc2cc(C(=O)O)c(Cl)c(C(C)C)c2)c1C. The molecule has 0 spiro atoms. The number of halogens is 1. The minimum absolute atomic E-state index is 0.0602. The van der Waals surface area contributed by atoms with Crippen molar-refractivity contribution in [3.8, 4) is 0 Å². The number of carbonyl (C=O) groups is 1. The van der Waals surface area contributed by atoms with Crippen LogP contribution < -0.4 is 5.32 Å². The van der Waals surface area contributed by atoms with E-state index >= 15 is 0 Å². The van der Waals surface area contributed by atoms with Gasteiger partial charge >= 0.3 is 5.97 Å². The van der Waals surface area contributed by atoms with E-state index in [0.717, 1.165) is 28.2 Å². The van der Waals surface area contributed by atoms with Gasteiger partial charge in [0, 0.05) is 11.3 Å². The van der Waals surface area contributed by atoms with Crippen LogP contribution >= 0.6 is 23.8 Å². The van der Waals surface area contributed by atoms with Crippen molar-refractivity contribution >= 4 is 40.5 Å². The minimum atomic E-state index is -1.07. The molecular weight excluding hydrogens is 346 g/mol. The minimum Gasteiger partial charge on any atom is -0.478 e. The zero-order chi connectivity index (χ0) is 18.2. The van der Waals surface area contributed by atoms with Gasteiger partial charge in [0.25, 0.3) is 0 Å². The molecule has 0 aliphatic rings. The average molecular weight is 366 g/mol. The molecule has 2 N–H and O–H groups in total. The lowest BCUT2D eigenvalue weighted by Crippen LogP contribution is -2.13. The van der Waals surface area contributed by atoms with Gasteiger partial charge in [-0.2, -0.15) is 0 Å². The van der Waals surface area contributed by atoms with Crippen LogP contribution in [0.1, 0.15) is 58.3 Å². The first-order valence-electron chi connectivity index (χ1n) is 7.58.